The summed E-state index contributed by atoms with van der Waals surface area (Å²) < 4.78 is 5.33. The van der Waals surface area contributed by atoms with E-state index >= 15 is 0 Å². The number of hydrogen-bond acceptors (Lipinski definition) is 5. The third kappa shape index (κ3) is 5.69. The summed E-state index contributed by atoms with van der Waals surface area (Å²) in [5.41, 5.74) is 0. The minimum Gasteiger partial charge on any atom is -0.379 e. The molecule has 8 heteroatoms. The molecule has 2 N–H and O–H groups in total. The lowest BCUT2D eigenvalue weighted by atomic mass is 9.96. The molecule has 2 fully saturated rings. The minimum absolute atomic E-state index is 0.0178. The van der Waals surface area contributed by atoms with E-state index in [1.165, 1.54) is 11.3 Å². The van der Waals surface area contributed by atoms with E-state index in [0.717, 1.165) is 63.7 Å². The first kappa shape index (κ1) is 19.1. The molecule has 2 aliphatic rings. The van der Waals surface area contributed by atoms with E-state index in [0.29, 0.717) is 13.1 Å². The molecule has 0 radical (unpaired) electrons. The summed E-state index contributed by atoms with van der Waals surface area (Å²) in [7, 11) is 0. The summed E-state index contributed by atoms with van der Waals surface area (Å²) in [5.74, 6) is 0.148. The maximum atomic E-state index is 12.3. The molecule has 3 heterocycles. The van der Waals surface area contributed by atoms with Gasteiger partial charge in [0.25, 0.3) is 0 Å². The standard InChI is InChI=1S/C18H28N4O3S/c23-17(19-6-2-7-21-10-12-25-13-11-21)15-4-8-22(9-5-15)18(24)20-16-3-1-14-26-16/h1,3,14-15H,2,4-13H2,(H,19,23)(H,20,24). The van der Waals surface area contributed by atoms with E-state index in [1.807, 2.05) is 17.5 Å². The van der Waals surface area contributed by atoms with Crippen molar-refractivity contribution in [3.05, 3.63) is 17.5 Å². The fraction of sp³-hybridized carbons (Fsp3) is 0.667. The zero-order valence-electron chi connectivity index (χ0n) is 15.1. The van der Waals surface area contributed by atoms with Crippen molar-refractivity contribution in [1.82, 2.24) is 15.1 Å². The molecule has 0 spiro atoms. The minimum atomic E-state index is -0.0724. The molecular formula is C18H28N4O3S. The molecule has 3 rings (SSSR count). The molecule has 0 bridgehead atoms. The van der Waals surface area contributed by atoms with Crippen molar-refractivity contribution in [3.63, 3.8) is 0 Å². The molecule has 0 atom stereocenters. The van der Waals surface area contributed by atoms with Crippen molar-refractivity contribution in [2.75, 3.05) is 57.8 Å². The number of anilines is 1. The Kier molecular flexibility index (Phi) is 7.28. The summed E-state index contributed by atoms with van der Waals surface area (Å²) in [6, 6.07) is 3.73. The second kappa shape index (κ2) is 9.89. The van der Waals surface area contributed by atoms with Crippen LogP contribution in [-0.2, 0) is 9.53 Å². The van der Waals surface area contributed by atoms with Crippen LogP contribution >= 0.6 is 11.3 Å². The lowest BCUT2D eigenvalue weighted by Crippen LogP contribution is -2.45. The number of urea groups is 1. The van der Waals surface area contributed by atoms with E-state index in [1.54, 1.807) is 4.90 Å². The van der Waals surface area contributed by atoms with Gasteiger partial charge in [0.1, 0.15) is 0 Å². The van der Waals surface area contributed by atoms with Crippen molar-refractivity contribution >= 4 is 28.3 Å². The SMILES string of the molecule is O=C(NCCCN1CCOCC1)C1CCN(C(=O)Nc2cccs2)CC1. The van der Waals surface area contributed by atoms with Crippen LogP contribution in [0.15, 0.2) is 17.5 Å². The molecule has 0 aliphatic carbocycles. The highest BCUT2D eigenvalue weighted by molar-refractivity contribution is 7.14. The molecule has 7 nitrogen and oxygen atoms in total. The van der Waals surface area contributed by atoms with Crippen LogP contribution in [0.1, 0.15) is 19.3 Å². The lowest BCUT2D eigenvalue weighted by molar-refractivity contribution is -0.126. The van der Waals surface area contributed by atoms with E-state index in [2.05, 4.69) is 15.5 Å². The number of amides is 3. The summed E-state index contributed by atoms with van der Waals surface area (Å²) in [6.07, 6.45) is 2.42. The van der Waals surface area contributed by atoms with Crippen molar-refractivity contribution in [1.29, 1.82) is 0 Å². The second-order valence-electron chi connectivity index (χ2n) is 6.77. The Hall–Kier alpha value is -1.64. The van der Waals surface area contributed by atoms with Crippen LogP contribution in [0.3, 0.4) is 0 Å². The zero-order valence-corrected chi connectivity index (χ0v) is 15.9. The Labute approximate surface area is 158 Å². The van der Waals surface area contributed by atoms with E-state index in [9.17, 15) is 9.59 Å². The van der Waals surface area contributed by atoms with Crippen LogP contribution < -0.4 is 10.6 Å². The first-order chi connectivity index (χ1) is 12.7. The number of morpholine rings is 1. The second-order valence-corrected chi connectivity index (χ2v) is 7.72. The average molecular weight is 381 g/mol. The largest absolute Gasteiger partial charge is 0.379 e. The molecule has 2 saturated heterocycles. The average Bonchev–Trinajstić information content (AvgIpc) is 3.19. The van der Waals surface area contributed by atoms with Gasteiger partial charge in [-0.25, -0.2) is 4.79 Å². The van der Waals surface area contributed by atoms with E-state index < -0.39 is 0 Å². The van der Waals surface area contributed by atoms with Gasteiger partial charge in [-0.2, -0.15) is 0 Å². The predicted octanol–water partition coefficient (Wildman–Crippen LogP) is 1.83. The Morgan fingerprint density at radius 3 is 2.65 bits per heavy atom. The van der Waals surface area contributed by atoms with Gasteiger partial charge in [-0.05, 0) is 43.3 Å². The van der Waals surface area contributed by atoms with Gasteiger partial charge in [0, 0.05) is 38.6 Å². The molecule has 0 unspecified atom stereocenters. The molecule has 144 valence electrons. The number of ether oxygens (including phenoxy) is 1. The molecular weight excluding hydrogens is 352 g/mol. The topological polar surface area (TPSA) is 73.9 Å². The maximum Gasteiger partial charge on any atom is 0.322 e. The number of carbonyl (C=O) groups excluding carboxylic acids is 2. The van der Waals surface area contributed by atoms with Gasteiger partial charge in [0.05, 0.1) is 18.2 Å². The Balaban J connectivity index is 1.29. The Morgan fingerprint density at radius 1 is 1.19 bits per heavy atom. The number of carbonyl (C=O) groups is 2. The van der Waals surface area contributed by atoms with Crippen LogP contribution in [0.5, 0.6) is 0 Å². The highest BCUT2D eigenvalue weighted by Gasteiger charge is 2.27. The highest BCUT2D eigenvalue weighted by atomic mass is 32.1. The first-order valence-corrected chi connectivity index (χ1v) is 10.3. The van der Waals surface area contributed by atoms with Gasteiger partial charge in [0.15, 0.2) is 0 Å². The van der Waals surface area contributed by atoms with Crippen molar-refractivity contribution in [2.24, 2.45) is 5.92 Å². The predicted molar refractivity (Wildman–Crippen MR) is 103 cm³/mol. The molecule has 1 aromatic rings. The third-order valence-electron chi connectivity index (χ3n) is 4.96. The summed E-state index contributed by atoms with van der Waals surface area (Å²) in [4.78, 5) is 28.7. The van der Waals surface area contributed by atoms with Crippen LogP contribution in [0.2, 0.25) is 0 Å². The highest BCUT2D eigenvalue weighted by Crippen LogP contribution is 2.20. The third-order valence-corrected chi connectivity index (χ3v) is 5.74. The van der Waals surface area contributed by atoms with E-state index in [-0.39, 0.29) is 17.9 Å². The van der Waals surface area contributed by atoms with Crippen LogP contribution in [0.25, 0.3) is 0 Å². The number of rotatable bonds is 6. The summed E-state index contributed by atoms with van der Waals surface area (Å²) in [6.45, 7) is 6.57. The van der Waals surface area contributed by atoms with Gasteiger partial charge in [-0.15, -0.1) is 11.3 Å². The number of nitrogens with zero attached hydrogens (tertiary/aromatic N) is 2. The van der Waals surface area contributed by atoms with Gasteiger partial charge in [0.2, 0.25) is 5.91 Å². The van der Waals surface area contributed by atoms with Crippen molar-refractivity contribution < 1.29 is 14.3 Å². The van der Waals surface area contributed by atoms with Gasteiger partial charge in [-0.1, -0.05) is 0 Å². The Morgan fingerprint density at radius 2 is 1.96 bits per heavy atom. The van der Waals surface area contributed by atoms with Gasteiger partial charge in [-0.3, -0.25) is 15.0 Å². The summed E-state index contributed by atoms with van der Waals surface area (Å²) >= 11 is 1.51. The van der Waals surface area contributed by atoms with E-state index in [4.69, 9.17) is 4.74 Å². The molecule has 26 heavy (non-hydrogen) atoms. The van der Waals surface area contributed by atoms with Gasteiger partial charge >= 0.3 is 6.03 Å². The first-order valence-electron chi connectivity index (χ1n) is 9.39. The molecule has 0 aromatic carbocycles. The Bertz CT molecular complexity index is 567. The van der Waals surface area contributed by atoms with Crippen molar-refractivity contribution in [2.45, 2.75) is 19.3 Å². The monoisotopic (exact) mass is 380 g/mol. The fourth-order valence-electron chi connectivity index (χ4n) is 3.36. The van der Waals surface area contributed by atoms with Crippen molar-refractivity contribution in [3.8, 4) is 0 Å². The summed E-state index contributed by atoms with van der Waals surface area (Å²) in [5, 5.41) is 8.75. The van der Waals surface area contributed by atoms with Gasteiger partial charge < -0.3 is 15.0 Å². The van der Waals surface area contributed by atoms with Crippen LogP contribution in [-0.4, -0.2) is 74.2 Å². The smallest absolute Gasteiger partial charge is 0.322 e. The normalized spacial score (nSPS) is 19.3. The number of likely N-dealkylation sites (tertiary alicyclic amines) is 1. The number of thiophene rings is 1. The fourth-order valence-corrected chi connectivity index (χ4v) is 3.97. The number of piperidine rings is 1. The molecule has 1 aromatic heterocycles. The lowest BCUT2D eigenvalue weighted by Gasteiger charge is -2.31. The molecule has 2 aliphatic heterocycles. The zero-order chi connectivity index (χ0) is 18.2. The molecule has 3 amide bonds. The number of hydrogen-bond donors (Lipinski definition) is 2. The number of nitrogens with one attached hydrogen (secondary N) is 2. The quantitative estimate of drug-likeness (QED) is 0.739. The van der Waals surface area contributed by atoms with Crippen LogP contribution in [0, 0.1) is 5.92 Å². The molecule has 0 saturated carbocycles. The van der Waals surface area contributed by atoms with Crippen LogP contribution in [0.4, 0.5) is 9.80 Å². The maximum absolute atomic E-state index is 12.3.